The molecular formula is C13H23NO3. The number of unbranched alkanes of at least 4 members (excludes halogenated alkanes) is 3. The molecule has 0 aromatic carbocycles. The number of amides is 2. The number of hydrogen-bond donors (Lipinski definition) is 0. The summed E-state index contributed by atoms with van der Waals surface area (Å²) in [4.78, 5) is 24.8. The van der Waals surface area contributed by atoms with Crippen LogP contribution in [0.25, 0.3) is 0 Å². The van der Waals surface area contributed by atoms with Crippen molar-refractivity contribution in [1.29, 1.82) is 0 Å². The molecule has 1 heterocycles. The van der Waals surface area contributed by atoms with Gasteiger partial charge in [0.15, 0.2) is 0 Å². The first-order valence-corrected chi connectivity index (χ1v) is 6.56. The highest BCUT2D eigenvalue weighted by Crippen LogP contribution is 2.21. The fraction of sp³-hybridized carbons (Fsp3) is 0.846. The van der Waals surface area contributed by atoms with Gasteiger partial charge in [-0.2, -0.15) is 0 Å². The fourth-order valence-corrected chi connectivity index (χ4v) is 2.04. The van der Waals surface area contributed by atoms with Crippen molar-refractivity contribution in [1.82, 2.24) is 4.90 Å². The Morgan fingerprint density at radius 3 is 2.71 bits per heavy atom. The number of carbonyl (C=O) groups is 2. The lowest BCUT2D eigenvalue weighted by molar-refractivity contribution is -0.129. The lowest BCUT2D eigenvalue weighted by atomic mass is 10.0. The molecule has 98 valence electrons. The maximum atomic E-state index is 12.0. The molecule has 1 atom stereocenters. The third kappa shape index (κ3) is 3.72. The van der Waals surface area contributed by atoms with Crippen molar-refractivity contribution >= 4 is 12.0 Å². The first-order chi connectivity index (χ1) is 8.07. The molecule has 0 bridgehead atoms. The van der Waals surface area contributed by atoms with Crippen LogP contribution in [0, 0.1) is 5.92 Å². The average molecular weight is 241 g/mol. The van der Waals surface area contributed by atoms with Gasteiger partial charge in [-0.05, 0) is 12.3 Å². The SMILES string of the molecule is CCCCCCC(=O)N1C(=O)OCC1C(C)C. The van der Waals surface area contributed by atoms with Gasteiger partial charge in [-0.3, -0.25) is 4.79 Å². The summed E-state index contributed by atoms with van der Waals surface area (Å²) in [5.41, 5.74) is 0. The predicted octanol–water partition coefficient (Wildman–Crippen LogP) is 2.96. The maximum Gasteiger partial charge on any atom is 0.416 e. The third-order valence-corrected chi connectivity index (χ3v) is 3.19. The van der Waals surface area contributed by atoms with Gasteiger partial charge in [0, 0.05) is 6.42 Å². The van der Waals surface area contributed by atoms with Gasteiger partial charge in [0.2, 0.25) is 5.91 Å². The van der Waals surface area contributed by atoms with Crippen molar-refractivity contribution in [3.05, 3.63) is 0 Å². The number of ether oxygens (including phenoxy) is 1. The Hall–Kier alpha value is -1.06. The molecule has 0 aromatic heterocycles. The summed E-state index contributed by atoms with van der Waals surface area (Å²) in [5, 5.41) is 0. The minimum atomic E-state index is -0.468. The molecule has 0 radical (unpaired) electrons. The quantitative estimate of drug-likeness (QED) is 0.672. The average Bonchev–Trinajstić information content (AvgIpc) is 2.66. The van der Waals surface area contributed by atoms with Gasteiger partial charge in [-0.1, -0.05) is 40.0 Å². The molecule has 4 nitrogen and oxygen atoms in total. The highest BCUT2D eigenvalue weighted by molar-refractivity contribution is 5.93. The third-order valence-electron chi connectivity index (χ3n) is 3.19. The van der Waals surface area contributed by atoms with Crippen LogP contribution in [0.4, 0.5) is 4.79 Å². The van der Waals surface area contributed by atoms with Crippen molar-refractivity contribution < 1.29 is 14.3 Å². The minimum absolute atomic E-state index is 0.0812. The van der Waals surface area contributed by atoms with Gasteiger partial charge < -0.3 is 4.74 Å². The zero-order valence-electron chi connectivity index (χ0n) is 11.1. The van der Waals surface area contributed by atoms with E-state index >= 15 is 0 Å². The van der Waals surface area contributed by atoms with E-state index in [4.69, 9.17) is 4.74 Å². The molecule has 1 aliphatic heterocycles. The van der Waals surface area contributed by atoms with Gasteiger partial charge in [0.05, 0.1) is 6.04 Å². The lowest BCUT2D eigenvalue weighted by Crippen LogP contribution is -2.41. The standard InChI is InChI=1S/C13H23NO3/c1-4-5-6-7-8-12(15)14-11(10(2)3)9-17-13(14)16/h10-11H,4-9H2,1-3H3. The van der Waals surface area contributed by atoms with Crippen LogP contribution in [0.15, 0.2) is 0 Å². The predicted molar refractivity (Wildman–Crippen MR) is 65.6 cm³/mol. The first-order valence-electron chi connectivity index (χ1n) is 6.56. The molecule has 1 rings (SSSR count). The van der Waals surface area contributed by atoms with E-state index in [0.29, 0.717) is 13.0 Å². The number of rotatable bonds is 6. The van der Waals surface area contributed by atoms with Gasteiger partial charge in [0.1, 0.15) is 6.61 Å². The smallest absolute Gasteiger partial charge is 0.416 e. The molecule has 1 saturated heterocycles. The molecular weight excluding hydrogens is 218 g/mol. The molecule has 4 heteroatoms. The molecule has 1 unspecified atom stereocenters. The summed E-state index contributed by atoms with van der Waals surface area (Å²) in [6.45, 7) is 6.49. The molecule has 2 amide bonds. The van der Waals surface area contributed by atoms with E-state index in [1.165, 1.54) is 4.90 Å². The molecule has 0 saturated carbocycles. The van der Waals surface area contributed by atoms with Crippen molar-refractivity contribution in [3.63, 3.8) is 0 Å². The molecule has 0 aromatic rings. The molecule has 1 fully saturated rings. The van der Waals surface area contributed by atoms with Gasteiger partial charge in [-0.15, -0.1) is 0 Å². The fourth-order valence-electron chi connectivity index (χ4n) is 2.04. The van der Waals surface area contributed by atoms with E-state index in [2.05, 4.69) is 6.92 Å². The van der Waals surface area contributed by atoms with Gasteiger partial charge in [-0.25, -0.2) is 9.69 Å². The van der Waals surface area contributed by atoms with Crippen LogP contribution >= 0.6 is 0 Å². The van der Waals surface area contributed by atoms with Crippen LogP contribution < -0.4 is 0 Å². The normalized spacial score (nSPS) is 19.9. The van der Waals surface area contributed by atoms with E-state index in [1.54, 1.807) is 0 Å². The Morgan fingerprint density at radius 2 is 2.12 bits per heavy atom. The first kappa shape index (κ1) is 14.0. The summed E-state index contributed by atoms with van der Waals surface area (Å²) in [6.07, 6.45) is 4.20. The van der Waals surface area contributed by atoms with Crippen LogP contribution in [0.3, 0.4) is 0 Å². The number of imide groups is 1. The monoisotopic (exact) mass is 241 g/mol. The van der Waals surface area contributed by atoms with E-state index in [0.717, 1.165) is 25.7 Å². The van der Waals surface area contributed by atoms with E-state index in [9.17, 15) is 9.59 Å². The highest BCUT2D eigenvalue weighted by atomic mass is 16.6. The zero-order chi connectivity index (χ0) is 12.8. The minimum Gasteiger partial charge on any atom is -0.447 e. The number of nitrogens with zero attached hydrogens (tertiary/aromatic N) is 1. The molecule has 0 aliphatic carbocycles. The van der Waals surface area contributed by atoms with Crippen LogP contribution in [-0.2, 0) is 9.53 Å². The highest BCUT2D eigenvalue weighted by Gasteiger charge is 2.38. The Labute approximate surface area is 103 Å². The zero-order valence-corrected chi connectivity index (χ0v) is 11.1. The number of hydrogen-bond acceptors (Lipinski definition) is 3. The van der Waals surface area contributed by atoms with Crippen LogP contribution in [-0.4, -0.2) is 29.5 Å². The molecule has 17 heavy (non-hydrogen) atoms. The van der Waals surface area contributed by atoms with Gasteiger partial charge >= 0.3 is 6.09 Å². The summed E-state index contributed by atoms with van der Waals surface area (Å²) < 4.78 is 4.95. The van der Waals surface area contributed by atoms with Crippen molar-refractivity contribution in [2.24, 2.45) is 5.92 Å². The van der Waals surface area contributed by atoms with Crippen LogP contribution in [0.1, 0.15) is 52.9 Å². The molecule has 0 N–H and O–H groups in total. The second kappa shape index (κ2) is 6.62. The number of carbonyl (C=O) groups excluding carboxylic acids is 2. The lowest BCUT2D eigenvalue weighted by Gasteiger charge is -2.22. The van der Waals surface area contributed by atoms with Gasteiger partial charge in [0.25, 0.3) is 0 Å². The second-order valence-electron chi connectivity index (χ2n) is 4.96. The van der Waals surface area contributed by atoms with Crippen LogP contribution in [0.2, 0.25) is 0 Å². The second-order valence-corrected chi connectivity index (χ2v) is 4.96. The van der Waals surface area contributed by atoms with Crippen LogP contribution in [0.5, 0.6) is 0 Å². The Morgan fingerprint density at radius 1 is 1.41 bits per heavy atom. The Kier molecular flexibility index (Phi) is 5.45. The maximum absolute atomic E-state index is 12.0. The van der Waals surface area contributed by atoms with E-state index in [1.807, 2.05) is 13.8 Å². The Bertz CT molecular complexity index is 276. The van der Waals surface area contributed by atoms with E-state index < -0.39 is 6.09 Å². The van der Waals surface area contributed by atoms with Crippen molar-refractivity contribution in [2.45, 2.75) is 58.9 Å². The Balaban J connectivity index is 2.45. The van der Waals surface area contributed by atoms with Crippen molar-refractivity contribution in [2.75, 3.05) is 6.61 Å². The summed E-state index contributed by atoms with van der Waals surface area (Å²) >= 11 is 0. The largest absolute Gasteiger partial charge is 0.447 e. The molecule has 1 aliphatic rings. The molecule has 0 spiro atoms. The number of cyclic esters (lactones) is 1. The summed E-state index contributed by atoms with van der Waals surface area (Å²) in [6, 6.07) is -0.0822. The summed E-state index contributed by atoms with van der Waals surface area (Å²) in [5.74, 6) is 0.170. The van der Waals surface area contributed by atoms with Crippen molar-refractivity contribution in [3.8, 4) is 0 Å². The van der Waals surface area contributed by atoms with E-state index in [-0.39, 0.29) is 17.9 Å². The topological polar surface area (TPSA) is 46.6 Å². The summed E-state index contributed by atoms with van der Waals surface area (Å²) in [7, 11) is 0.